The van der Waals surface area contributed by atoms with Crippen LogP contribution < -0.4 is 15.2 Å². The zero-order chi connectivity index (χ0) is 14.3. The van der Waals surface area contributed by atoms with Gasteiger partial charge in [-0.25, -0.2) is 4.68 Å². The molecule has 2 heterocycles. The third kappa shape index (κ3) is 1.95. The quantitative estimate of drug-likeness (QED) is 0.905. The lowest BCUT2D eigenvalue weighted by atomic mass is 10.2. The predicted molar refractivity (Wildman–Crippen MR) is 60.4 cm³/mol. The van der Waals surface area contributed by atoms with Gasteiger partial charge in [-0.05, 0) is 12.1 Å². The highest BCUT2D eigenvalue weighted by atomic mass is 19.4. The standard InChI is InChI=1S/C11H9F3N4O2/c12-11(13,14)10-7(4-15)16-17-18(10)6-1-2-8-9(3-6)20-5-19-8/h1-3H,4-5,15H2. The molecule has 106 valence electrons. The van der Waals surface area contributed by atoms with E-state index in [-0.39, 0.29) is 24.7 Å². The summed E-state index contributed by atoms with van der Waals surface area (Å²) in [5, 5.41) is 6.99. The van der Waals surface area contributed by atoms with Crippen LogP contribution in [0.15, 0.2) is 18.2 Å². The minimum Gasteiger partial charge on any atom is -0.454 e. The SMILES string of the molecule is NCc1nnn(-c2ccc3c(c2)OCO3)c1C(F)(F)F. The molecule has 9 heteroatoms. The lowest BCUT2D eigenvalue weighted by Gasteiger charge is -2.11. The summed E-state index contributed by atoms with van der Waals surface area (Å²) >= 11 is 0. The largest absolute Gasteiger partial charge is 0.454 e. The molecular formula is C11H9F3N4O2. The van der Waals surface area contributed by atoms with Gasteiger partial charge in [-0.3, -0.25) is 0 Å². The molecule has 0 atom stereocenters. The molecule has 1 aliphatic rings. The normalized spacial score (nSPS) is 13.8. The number of nitrogens with zero attached hydrogens (tertiary/aromatic N) is 3. The Morgan fingerprint density at radius 2 is 2.00 bits per heavy atom. The molecule has 6 nitrogen and oxygen atoms in total. The Bertz CT molecular complexity index is 654. The van der Waals surface area contributed by atoms with Crippen LogP contribution in [0.3, 0.4) is 0 Å². The van der Waals surface area contributed by atoms with Crippen LogP contribution in [0.5, 0.6) is 11.5 Å². The molecule has 0 bridgehead atoms. The van der Waals surface area contributed by atoms with E-state index < -0.39 is 11.9 Å². The van der Waals surface area contributed by atoms with Crippen LogP contribution in [0.4, 0.5) is 13.2 Å². The lowest BCUT2D eigenvalue weighted by Crippen LogP contribution is -2.16. The van der Waals surface area contributed by atoms with Gasteiger partial charge in [0.25, 0.3) is 0 Å². The average Bonchev–Trinajstić information content (AvgIpc) is 3.03. The van der Waals surface area contributed by atoms with E-state index in [9.17, 15) is 13.2 Å². The first-order valence-electron chi connectivity index (χ1n) is 5.62. The molecule has 0 aliphatic carbocycles. The molecule has 1 aromatic heterocycles. The topological polar surface area (TPSA) is 75.2 Å². The Balaban J connectivity index is 2.13. The fourth-order valence-electron chi connectivity index (χ4n) is 1.93. The van der Waals surface area contributed by atoms with Gasteiger partial charge in [-0.1, -0.05) is 5.21 Å². The molecule has 0 saturated heterocycles. The second kappa shape index (κ2) is 4.37. The van der Waals surface area contributed by atoms with Crippen molar-refractivity contribution in [2.75, 3.05) is 6.79 Å². The van der Waals surface area contributed by atoms with Gasteiger partial charge in [0.15, 0.2) is 17.2 Å². The molecule has 0 radical (unpaired) electrons. The summed E-state index contributed by atoms with van der Waals surface area (Å²) in [4.78, 5) is 0. The molecule has 0 fully saturated rings. The van der Waals surface area contributed by atoms with Gasteiger partial charge >= 0.3 is 6.18 Å². The lowest BCUT2D eigenvalue weighted by molar-refractivity contribution is -0.143. The molecule has 0 unspecified atom stereocenters. The van der Waals surface area contributed by atoms with Gasteiger partial charge < -0.3 is 15.2 Å². The van der Waals surface area contributed by atoms with Crippen molar-refractivity contribution in [2.24, 2.45) is 5.73 Å². The maximum Gasteiger partial charge on any atom is 0.435 e. The molecule has 2 N–H and O–H groups in total. The van der Waals surface area contributed by atoms with Crippen LogP contribution in [-0.4, -0.2) is 21.8 Å². The highest BCUT2D eigenvalue weighted by molar-refractivity contribution is 5.50. The zero-order valence-corrected chi connectivity index (χ0v) is 10.0. The maximum atomic E-state index is 13.1. The van der Waals surface area contributed by atoms with E-state index in [1.54, 1.807) is 0 Å². The second-order valence-electron chi connectivity index (χ2n) is 4.04. The third-order valence-corrected chi connectivity index (χ3v) is 2.80. The summed E-state index contributed by atoms with van der Waals surface area (Å²) in [5.74, 6) is 0.835. The first kappa shape index (κ1) is 12.7. The predicted octanol–water partition coefficient (Wildman–Crippen LogP) is 1.47. The van der Waals surface area contributed by atoms with Gasteiger partial charge in [0, 0.05) is 12.6 Å². The van der Waals surface area contributed by atoms with Crippen LogP contribution in [-0.2, 0) is 12.7 Å². The maximum absolute atomic E-state index is 13.1. The number of hydrogen-bond acceptors (Lipinski definition) is 5. The van der Waals surface area contributed by atoms with Crippen molar-refractivity contribution in [3.8, 4) is 17.2 Å². The summed E-state index contributed by atoms with van der Waals surface area (Å²) in [6.45, 7) is -0.310. The highest BCUT2D eigenvalue weighted by Gasteiger charge is 2.39. The number of benzene rings is 1. The number of fused-ring (bicyclic) bond motifs is 1. The first-order chi connectivity index (χ1) is 9.50. The molecule has 1 aromatic carbocycles. The monoisotopic (exact) mass is 286 g/mol. The molecule has 0 saturated carbocycles. The van der Waals surface area contributed by atoms with Gasteiger partial charge in [0.2, 0.25) is 6.79 Å². The number of nitrogens with two attached hydrogens (primary N) is 1. The fraction of sp³-hybridized carbons (Fsp3) is 0.273. The molecular weight excluding hydrogens is 277 g/mol. The second-order valence-corrected chi connectivity index (χ2v) is 4.04. The van der Waals surface area contributed by atoms with E-state index in [1.165, 1.54) is 18.2 Å². The number of rotatable bonds is 2. The number of hydrogen-bond donors (Lipinski definition) is 1. The van der Waals surface area contributed by atoms with Crippen molar-refractivity contribution in [3.05, 3.63) is 29.6 Å². The van der Waals surface area contributed by atoms with Crippen LogP contribution in [0.25, 0.3) is 5.69 Å². The molecule has 3 rings (SSSR count). The summed E-state index contributed by atoms with van der Waals surface area (Å²) in [6.07, 6.45) is -4.60. The summed E-state index contributed by atoms with van der Waals surface area (Å²) in [5.41, 5.74) is 4.15. The molecule has 0 amide bonds. The van der Waals surface area contributed by atoms with Crippen molar-refractivity contribution in [1.29, 1.82) is 0 Å². The summed E-state index contributed by atoms with van der Waals surface area (Å²) in [7, 11) is 0. The first-order valence-corrected chi connectivity index (χ1v) is 5.62. The minimum absolute atomic E-state index is 0.0380. The fourth-order valence-corrected chi connectivity index (χ4v) is 1.93. The average molecular weight is 286 g/mol. The van der Waals surface area contributed by atoms with Gasteiger partial charge in [-0.15, -0.1) is 5.10 Å². The van der Waals surface area contributed by atoms with Crippen LogP contribution in [0.1, 0.15) is 11.4 Å². The van der Waals surface area contributed by atoms with Crippen molar-refractivity contribution in [1.82, 2.24) is 15.0 Å². The third-order valence-electron chi connectivity index (χ3n) is 2.80. The van der Waals surface area contributed by atoms with E-state index in [0.717, 1.165) is 0 Å². The van der Waals surface area contributed by atoms with Crippen LogP contribution in [0.2, 0.25) is 0 Å². The van der Waals surface area contributed by atoms with Gasteiger partial charge in [-0.2, -0.15) is 13.2 Å². The zero-order valence-electron chi connectivity index (χ0n) is 10.0. The van der Waals surface area contributed by atoms with Crippen molar-refractivity contribution in [2.45, 2.75) is 12.7 Å². The molecule has 1 aliphatic heterocycles. The van der Waals surface area contributed by atoms with E-state index >= 15 is 0 Å². The highest BCUT2D eigenvalue weighted by Crippen LogP contribution is 2.36. The Morgan fingerprint density at radius 1 is 1.25 bits per heavy atom. The van der Waals surface area contributed by atoms with E-state index in [4.69, 9.17) is 15.2 Å². The van der Waals surface area contributed by atoms with E-state index in [2.05, 4.69) is 10.3 Å². The number of alkyl halides is 3. The minimum atomic E-state index is -4.60. The van der Waals surface area contributed by atoms with Crippen molar-refractivity contribution >= 4 is 0 Å². The van der Waals surface area contributed by atoms with E-state index in [1.807, 2.05) is 0 Å². The Kier molecular flexibility index (Phi) is 2.78. The number of aromatic nitrogens is 3. The Labute approximate surface area is 110 Å². The Morgan fingerprint density at radius 3 is 2.70 bits per heavy atom. The van der Waals surface area contributed by atoms with E-state index in [0.29, 0.717) is 16.2 Å². The Hall–Kier alpha value is -2.29. The van der Waals surface area contributed by atoms with Crippen LogP contribution in [0, 0.1) is 0 Å². The molecule has 20 heavy (non-hydrogen) atoms. The van der Waals surface area contributed by atoms with Crippen molar-refractivity contribution in [3.63, 3.8) is 0 Å². The number of ether oxygens (including phenoxy) is 2. The van der Waals surface area contributed by atoms with Gasteiger partial charge in [0.1, 0.15) is 5.69 Å². The number of halogens is 3. The summed E-state index contributed by atoms with van der Waals surface area (Å²) in [6, 6.07) is 4.37. The molecule has 0 spiro atoms. The smallest absolute Gasteiger partial charge is 0.435 e. The molecule has 2 aromatic rings. The van der Waals surface area contributed by atoms with Crippen LogP contribution >= 0.6 is 0 Å². The van der Waals surface area contributed by atoms with Gasteiger partial charge in [0.05, 0.1) is 5.69 Å². The van der Waals surface area contributed by atoms with Crippen molar-refractivity contribution < 1.29 is 22.6 Å². The summed E-state index contributed by atoms with van der Waals surface area (Å²) < 4.78 is 50.2.